The summed E-state index contributed by atoms with van der Waals surface area (Å²) in [7, 11) is 1.34. The van der Waals surface area contributed by atoms with Gasteiger partial charge < -0.3 is 15.2 Å². The van der Waals surface area contributed by atoms with Gasteiger partial charge in [0.1, 0.15) is 11.1 Å². The maximum atomic E-state index is 12.6. The number of β-lactam (4-membered cyclic amide) rings is 1. The van der Waals surface area contributed by atoms with Crippen LogP contribution in [0.25, 0.3) is 0 Å². The Morgan fingerprint density at radius 1 is 1.54 bits per heavy atom. The highest BCUT2D eigenvalue weighted by molar-refractivity contribution is 8.00. The molecule has 9 heteroatoms. The number of thiophene rings is 1. The summed E-state index contributed by atoms with van der Waals surface area (Å²) < 4.78 is 5.35. The number of ether oxygens (including phenoxy) is 1. The van der Waals surface area contributed by atoms with E-state index >= 15 is 0 Å². The van der Waals surface area contributed by atoms with E-state index in [1.807, 2.05) is 17.5 Å². The second kappa shape index (κ2) is 6.23. The van der Waals surface area contributed by atoms with Gasteiger partial charge in [-0.25, -0.2) is 4.79 Å². The molecule has 1 fully saturated rings. The Kier molecular flexibility index (Phi) is 4.41. The van der Waals surface area contributed by atoms with E-state index in [2.05, 4.69) is 5.32 Å². The van der Waals surface area contributed by atoms with Crippen LogP contribution in [0.4, 0.5) is 0 Å². The highest BCUT2D eigenvalue weighted by Gasteiger charge is 2.66. The largest absolute Gasteiger partial charge is 0.477 e. The number of methoxy groups -OCH3 is 1. The molecular weight excluding hydrogens is 352 g/mol. The quantitative estimate of drug-likeness (QED) is 0.595. The molecule has 2 atom stereocenters. The lowest BCUT2D eigenvalue weighted by atomic mass is 9.98. The number of aliphatic carboxylic acids is 1. The summed E-state index contributed by atoms with van der Waals surface area (Å²) >= 11 is 2.83. The van der Waals surface area contributed by atoms with Gasteiger partial charge in [-0.05, 0) is 23.9 Å². The van der Waals surface area contributed by atoms with Crippen molar-refractivity contribution < 1.29 is 24.2 Å². The number of rotatable bonds is 5. The van der Waals surface area contributed by atoms with Gasteiger partial charge >= 0.3 is 5.97 Å². The molecular formula is C15H16N2O5S2. The van der Waals surface area contributed by atoms with Crippen LogP contribution in [-0.2, 0) is 25.5 Å². The van der Waals surface area contributed by atoms with Crippen LogP contribution in [-0.4, -0.2) is 51.8 Å². The lowest BCUT2D eigenvalue weighted by Crippen LogP contribution is -2.80. The van der Waals surface area contributed by atoms with E-state index in [-0.39, 0.29) is 18.0 Å². The molecule has 7 nitrogen and oxygen atoms in total. The van der Waals surface area contributed by atoms with Gasteiger partial charge in [0.15, 0.2) is 0 Å². The predicted octanol–water partition coefficient (Wildman–Crippen LogP) is 1.02. The van der Waals surface area contributed by atoms with Crippen molar-refractivity contribution in [3.8, 4) is 0 Å². The minimum Gasteiger partial charge on any atom is -0.477 e. The Labute approximate surface area is 146 Å². The van der Waals surface area contributed by atoms with E-state index < -0.39 is 23.0 Å². The van der Waals surface area contributed by atoms with Crippen molar-refractivity contribution in [1.29, 1.82) is 0 Å². The molecule has 0 aromatic carbocycles. The minimum absolute atomic E-state index is 0.0241. The first kappa shape index (κ1) is 17.0. The SMILES string of the molecule is CO[C@@]1(NC(=O)Cc2cccs2)C(=O)N2C(C(=O)O)=C(C)CS[C@@H]21. The standard InChI is InChI=1S/C15H16N2O5S2/c1-8-7-24-14-15(22-2,13(21)17(14)11(8)12(19)20)16-10(18)6-9-4-3-5-23-9/h3-5,14H,6-7H2,1-2H3,(H,16,18)(H,19,20)/t14-,15+/m1/s1. The third kappa shape index (κ3) is 2.52. The summed E-state index contributed by atoms with van der Waals surface area (Å²) in [6, 6.07) is 3.68. The molecule has 2 N–H and O–H groups in total. The normalized spacial score (nSPS) is 26.0. The highest BCUT2D eigenvalue weighted by atomic mass is 32.2. The Hall–Kier alpha value is -1.84. The minimum atomic E-state index is -1.51. The number of carboxylic acids is 1. The molecule has 0 unspecified atom stereocenters. The number of carbonyl (C=O) groups excluding carboxylic acids is 2. The third-order valence-corrected chi connectivity index (χ3v) is 6.32. The van der Waals surface area contributed by atoms with E-state index in [1.165, 1.54) is 35.1 Å². The van der Waals surface area contributed by atoms with E-state index in [1.54, 1.807) is 6.92 Å². The number of carboxylic acid groups (broad SMARTS) is 1. The third-order valence-electron chi connectivity index (χ3n) is 3.99. The molecule has 2 aliphatic rings. The Balaban J connectivity index is 1.81. The number of hydrogen-bond donors (Lipinski definition) is 2. The van der Waals surface area contributed by atoms with Crippen molar-refractivity contribution in [2.24, 2.45) is 0 Å². The predicted molar refractivity (Wildman–Crippen MR) is 89.3 cm³/mol. The van der Waals surface area contributed by atoms with Gasteiger partial charge in [-0.2, -0.15) is 0 Å². The second-order valence-electron chi connectivity index (χ2n) is 5.52. The van der Waals surface area contributed by atoms with Gasteiger partial charge in [-0.3, -0.25) is 14.5 Å². The average molecular weight is 368 g/mol. The molecule has 1 aromatic heterocycles. The van der Waals surface area contributed by atoms with Crippen molar-refractivity contribution in [2.75, 3.05) is 12.9 Å². The van der Waals surface area contributed by atoms with Crippen molar-refractivity contribution in [1.82, 2.24) is 10.2 Å². The van der Waals surface area contributed by atoms with Crippen LogP contribution < -0.4 is 5.32 Å². The number of amides is 2. The van der Waals surface area contributed by atoms with E-state index in [4.69, 9.17) is 4.74 Å². The van der Waals surface area contributed by atoms with Crippen LogP contribution in [0, 0.1) is 0 Å². The van der Waals surface area contributed by atoms with Crippen LogP contribution in [0.1, 0.15) is 11.8 Å². The molecule has 0 radical (unpaired) electrons. The molecule has 3 heterocycles. The number of hydrogen-bond acceptors (Lipinski definition) is 6. The topological polar surface area (TPSA) is 95.9 Å². The number of nitrogens with zero attached hydrogens (tertiary/aromatic N) is 1. The Morgan fingerprint density at radius 2 is 2.29 bits per heavy atom. The fraction of sp³-hybridized carbons (Fsp3) is 0.400. The summed E-state index contributed by atoms with van der Waals surface area (Å²) in [5.74, 6) is -1.59. The number of thioether (sulfide) groups is 1. The van der Waals surface area contributed by atoms with Crippen LogP contribution >= 0.6 is 23.1 Å². The second-order valence-corrected chi connectivity index (χ2v) is 7.62. The van der Waals surface area contributed by atoms with Crippen molar-refractivity contribution in [3.63, 3.8) is 0 Å². The first-order valence-corrected chi connectivity index (χ1v) is 9.10. The van der Waals surface area contributed by atoms with Crippen LogP contribution in [0.5, 0.6) is 0 Å². The first-order valence-electron chi connectivity index (χ1n) is 7.17. The molecule has 2 aliphatic heterocycles. The first-order chi connectivity index (χ1) is 11.4. The van der Waals surface area contributed by atoms with Crippen LogP contribution in [0.2, 0.25) is 0 Å². The van der Waals surface area contributed by atoms with Gasteiger partial charge in [-0.1, -0.05) is 6.07 Å². The van der Waals surface area contributed by atoms with E-state index in [0.717, 1.165) is 4.88 Å². The molecule has 2 amide bonds. The maximum Gasteiger partial charge on any atom is 0.352 e. The van der Waals surface area contributed by atoms with Gasteiger partial charge in [0, 0.05) is 17.7 Å². The summed E-state index contributed by atoms with van der Waals surface area (Å²) in [5.41, 5.74) is -0.920. The fourth-order valence-electron chi connectivity index (χ4n) is 2.86. The zero-order valence-corrected chi connectivity index (χ0v) is 14.7. The molecule has 0 bridgehead atoms. The van der Waals surface area contributed by atoms with Crippen LogP contribution in [0.3, 0.4) is 0 Å². The molecule has 1 aromatic rings. The van der Waals surface area contributed by atoms with Gasteiger partial charge in [-0.15, -0.1) is 23.1 Å². The number of nitrogens with one attached hydrogen (secondary N) is 1. The summed E-state index contributed by atoms with van der Waals surface area (Å²) in [6.45, 7) is 1.68. The summed E-state index contributed by atoms with van der Waals surface area (Å²) in [6.07, 6.45) is 0.147. The zero-order valence-electron chi connectivity index (χ0n) is 13.1. The lowest BCUT2D eigenvalue weighted by Gasteiger charge is -2.55. The average Bonchev–Trinajstić information content (AvgIpc) is 3.04. The molecule has 0 spiro atoms. The maximum absolute atomic E-state index is 12.6. The molecule has 0 saturated carbocycles. The fourth-order valence-corrected chi connectivity index (χ4v) is 4.95. The lowest BCUT2D eigenvalue weighted by molar-refractivity contribution is -0.192. The van der Waals surface area contributed by atoms with E-state index in [9.17, 15) is 19.5 Å². The molecule has 1 saturated heterocycles. The monoisotopic (exact) mass is 368 g/mol. The van der Waals surface area contributed by atoms with Crippen molar-refractivity contribution >= 4 is 40.9 Å². The van der Waals surface area contributed by atoms with Gasteiger partial charge in [0.2, 0.25) is 5.91 Å². The zero-order chi connectivity index (χ0) is 17.5. The molecule has 3 rings (SSSR count). The summed E-state index contributed by atoms with van der Waals surface area (Å²) in [4.78, 5) is 38.4. The van der Waals surface area contributed by atoms with E-state index in [0.29, 0.717) is 11.3 Å². The smallest absolute Gasteiger partial charge is 0.352 e. The van der Waals surface area contributed by atoms with Crippen molar-refractivity contribution in [3.05, 3.63) is 33.7 Å². The molecule has 24 heavy (non-hydrogen) atoms. The van der Waals surface area contributed by atoms with Gasteiger partial charge in [0.05, 0.1) is 6.42 Å². The van der Waals surface area contributed by atoms with Crippen molar-refractivity contribution in [2.45, 2.75) is 24.4 Å². The molecule has 128 valence electrons. The van der Waals surface area contributed by atoms with Crippen LogP contribution in [0.15, 0.2) is 28.8 Å². The Morgan fingerprint density at radius 3 is 2.88 bits per heavy atom. The van der Waals surface area contributed by atoms with Gasteiger partial charge in [0.25, 0.3) is 11.6 Å². The number of fused-ring (bicyclic) bond motifs is 1. The summed E-state index contributed by atoms with van der Waals surface area (Å²) in [5, 5.41) is 13.3. The highest BCUT2D eigenvalue weighted by Crippen LogP contribution is 2.46. The number of carbonyl (C=O) groups is 3. The molecule has 0 aliphatic carbocycles. The Bertz CT molecular complexity index is 730.